The fourth-order valence-electron chi connectivity index (χ4n) is 9.12. The van der Waals surface area contributed by atoms with Crippen molar-refractivity contribution in [3.8, 4) is 39.3 Å². The van der Waals surface area contributed by atoms with Crippen LogP contribution in [0, 0.1) is 0 Å². The Morgan fingerprint density at radius 1 is 0.364 bits per heavy atom. The Kier molecular flexibility index (Phi) is 6.34. The van der Waals surface area contributed by atoms with E-state index in [1.54, 1.807) is 0 Å². The molecule has 0 spiro atoms. The van der Waals surface area contributed by atoms with Gasteiger partial charge in [-0.3, -0.25) is 0 Å². The standard InChI is InChI=1S/C52H31NO2/c1-3-15-32(16-4-1)46-31-33-29-30-42-50-41(25-14-28-45(50)54-52(42)51(33)55-46)48-37-21-9-7-19-35(37)47(36-20-8-10-22-38(36)48)40-24-13-27-44-49(40)39-23-11-12-26-43(39)53(44)34-17-5-2-6-18-34/h1-31H. The quantitative estimate of drug-likeness (QED) is 0.171. The average Bonchev–Trinajstić information content (AvgIpc) is 3.96. The van der Waals surface area contributed by atoms with Gasteiger partial charge in [0.2, 0.25) is 0 Å². The lowest BCUT2D eigenvalue weighted by atomic mass is 9.84. The number of benzene rings is 9. The maximum Gasteiger partial charge on any atom is 0.178 e. The smallest absolute Gasteiger partial charge is 0.178 e. The van der Waals surface area contributed by atoms with Gasteiger partial charge in [-0.1, -0.05) is 146 Å². The average molecular weight is 702 g/mol. The van der Waals surface area contributed by atoms with Crippen molar-refractivity contribution in [3.05, 3.63) is 188 Å². The van der Waals surface area contributed by atoms with Crippen molar-refractivity contribution >= 4 is 76.3 Å². The highest BCUT2D eigenvalue weighted by Crippen LogP contribution is 2.50. The summed E-state index contributed by atoms with van der Waals surface area (Å²) in [5, 5.41) is 10.5. The summed E-state index contributed by atoms with van der Waals surface area (Å²) in [5.74, 6) is 0.832. The number of nitrogens with zero attached hydrogens (tertiary/aromatic N) is 1. The zero-order valence-corrected chi connectivity index (χ0v) is 29.7. The monoisotopic (exact) mass is 701 g/mol. The maximum atomic E-state index is 6.73. The van der Waals surface area contributed by atoms with E-state index >= 15 is 0 Å². The highest BCUT2D eigenvalue weighted by Gasteiger charge is 2.24. The van der Waals surface area contributed by atoms with Crippen LogP contribution in [-0.4, -0.2) is 4.57 Å². The molecule has 0 saturated heterocycles. The minimum Gasteiger partial charge on any atom is -0.452 e. The largest absolute Gasteiger partial charge is 0.452 e. The van der Waals surface area contributed by atoms with Crippen LogP contribution in [0.4, 0.5) is 0 Å². The van der Waals surface area contributed by atoms with Crippen molar-refractivity contribution in [3.63, 3.8) is 0 Å². The molecule has 0 aliphatic rings. The Labute approximate surface area is 315 Å². The van der Waals surface area contributed by atoms with E-state index in [1.165, 1.54) is 60.0 Å². The Morgan fingerprint density at radius 2 is 0.927 bits per heavy atom. The van der Waals surface area contributed by atoms with Crippen molar-refractivity contribution in [2.24, 2.45) is 0 Å². The summed E-state index contributed by atoms with van der Waals surface area (Å²) in [6, 6.07) is 67.2. The summed E-state index contributed by atoms with van der Waals surface area (Å²) in [4.78, 5) is 0. The topological polar surface area (TPSA) is 31.2 Å². The van der Waals surface area contributed by atoms with E-state index in [0.29, 0.717) is 0 Å². The number of rotatable bonds is 4. The second-order valence-electron chi connectivity index (χ2n) is 14.3. The molecule has 3 heteroatoms. The lowest BCUT2D eigenvalue weighted by molar-refractivity contribution is 0.611. The third-order valence-electron chi connectivity index (χ3n) is 11.4. The molecule has 9 aromatic carbocycles. The SMILES string of the molecule is c1ccc(-c2cc3ccc4c(oc5cccc(-c6c7ccccc7c(-c7cccc8c7c7ccccc7n8-c7ccccc7)c7ccccc67)c54)c3o2)cc1. The zero-order valence-electron chi connectivity index (χ0n) is 29.7. The molecule has 12 aromatic rings. The molecule has 0 N–H and O–H groups in total. The first-order chi connectivity index (χ1) is 27.3. The molecular formula is C52H31NO2. The minimum absolute atomic E-state index is 0.770. The molecule has 0 bridgehead atoms. The van der Waals surface area contributed by atoms with Crippen molar-refractivity contribution in [2.75, 3.05) is 0 Å². The van der Waals surface area contributed by atoms with E-state index in [2.05, 4.69) is 174 Å². The molecule has 3 nitrogen and oxygen atoms in total. The van der Waals surface area contributed by atoms with Crippen LogP contribution >= 0.6 is 0 Å². The molecule has 3 heterocycles. The van der Waals surface area contributed by atoms with Crippen molar-refractivity contribution < 1.29 is 8.83 Å². The number of hydrogen-bond donors (Lipinski definition) is 0. The number of aromatic nitrogens is 1. The summed E-state index contributed by atoms with van der Waals surface area (Å²) in [6.07, 6.45) is 0. The van der Waals surface area contributed by atoms with Crippen LogP contribution in [0.5, 0.6) is 0 Å². The van der Waals surface area contributed by atoms with Crippen molar-refractivity contribution in [2.45, 2.75) is 0 Å². The van der Waals surface area contributed by atoms with Gasteiger partial charge in [-0.25, -0.2) is 0 Å². The van der Waals surface area contributed by atoms with E-state index < -0.39 is 0 Å². The lowest BCUT2D eigenvalue weighted by Crippen LogP contribution is -1.94. The Hall–Kier alpha value is -7.36. The predicted octanol–water partition coefficient (Wildman–Crippen LogP) is 14.7. The Balaban J connectivity index is 1.17. The second kappa shape index (κ2) is 11.6. The van der Waals surface area contributed by atoms with Crippen molar-refractivity contribution in [1.82, 2.24) is 4.57 Å². The van der Waals surface area contributed by atoms with Crippen LogP contribution in [0.25, 0.3) is 116 Å². The molecule has 0 atom stereocenters. The molecule has 0 radical (unpaired) electrons. The summed E-state index contributed by atoms with van der Waals surface area (Å²) in [6.45, 7) is 0. The van der Waals surface area contributed by atoms with Crippen LogP contribution in [0.2, 0.25) is 0 Å². The van der Waals surface area contributed by atoms with Gasteiger partial charge in [0, 0.05) is 38.2 Å². The first-order valence-electron chi connectivity index (χ1n) is 18.8. The highest BCUT2D eigenvalue weighted by atomic mass is 16.4. The molecule has 0 amide bonds. The van der Waals surface area contributed by atoms with E-state index in [9.17, 15) is 0 Å². The molecule has 0 aliphatic heterocycles. The van der Waals surface area contributed by atoms with Crippen LogP contribution in [0.1, 0.15) is 0 Å². The normalized spacial score (nSPS) is 12.0. The van der Waals surface area contributed by atoms with Crippen LogP contribution in [0.3, 0.4) is 0 Å². The fourth-order valence-corrected chi connectivity index (χ4v) is 9.12. The Morgan fingerprint density at radius 3 is 1.62 bits per heavy atom. The molecule has 0 aliphatic carbocycles. The fraction of sp³-hybridized carbons (Fsp3) is 0. The van der Waals surface area contributed by atoms with Crippen LogP contribution in [0.15, 0.2) is 197 Å². The van der Waals surface area contributed by atoms with Gasteiger partial charge >= 0.3 is 0 Å². The number of furan rings is 2. The Bertz CT molecular complexity index is 3420. The molecule has 0 unspecified atom stereocenters. The number of para-hydroxylation sites is 2. The summed E-state index contributed by atoms with van der Waals surface area (Å²) >= 11 is 0. The lowest BCUT2D eigenvalue weighted by Gasteiger charge is -2.19. The first-order valence-corrected chi connectivity index (χ1v) is 18.8. The molecule has 3 aromatic heterocycles. The van der Waals surface area contributed by atoms with Gasteiger partial charge < -0.3 is 13.4 Å². The number of hydrogen-bond acceptors (Lipinski definition) is 2. The van der Waals surface area contributed by atoms with Gasteiger partial charge in [0.1, 0.15) is 11.3 Å². The third-order valence-corrected chi connectivity index (χ3v) is 11.4. The minimum atomic E-state index is 0.770. The van der Waals surface area contributed by atoms with Crippen LogP contribution < -0.4 is 0 Å². The summed E-state index contributed by atoms with van der Waals surface area (Å²) in [7, 11) is 0. The summed E-state index contributed by atoms with van der Waals surface area (Å²) < 4.78 is 15.7. The molecular weight excluding hydrogens is 671 g/mol. The zero-order chi connectivity index (χ0) is 36.0. The molecule has 55 heavy (non-hydrogen) atoms. The van der Waals surface area contributed by atoms with Gasteiger partial charge in [0.15, 0.2) is 11.2 Å². The maximum absolute atomic E-state index is 6.73. The first kappa shape index (κ1) is 30.1. The van der Waals surface area contributed by atoms with Gasteiger partial charge in [0.25, 0.3) is 0 Å². The predicted molar refractivity (Wildman–Crippen MR) is 229 cm³/mol. The molecule has 256 valence electrons. The summed E-state index contributed by atoms with van der Waals surface area (Å²) in [5.41, 5.74) is 11.8. The van der Waals surface area contributed by atoms with Gasteiger partial charge in [0.05, 0.1) is 11.0 Å². The van der Waals surface area contributed by atoms with Crippen molar-refractivity contribution in [1.29, 1.82) is 0 Å². The van der Waals surface area contributed by atoms with Gasteiger partial charge in [-0.05, 0) is 86.3 Å². The molecule has 0 fully saturated rings. The van der Waals surface area contributed by atoms with E-state index in [4.69, 9.17) is 8.83 Å². The van der Waals surface area contributed by atoms with E-state index in [1.807, 2.05) is 18.2 Å². The third kappa shape index (κ3) is 4.32. The highest BCUT2D eigenvalue weighted by molar-refractivity contribution is 6.29. The number of fused-ring (bicyclic) bond motifs is 10. The van der Waals surface area contributed by atoms with E-state index in [0.717, 1.165) is 55.5 Å². The van der Waals surface area contributed by atoms with Crippen LogP contribution in [-0.2, 0) is 0 Å². The van der Waals surface area contributed by atoms with Gasteiger partial charge in [-0.15, -0.1) is 0 Å². The van der Waals surface area contributed by atoms with E-state index in [-0.39, 0.29) is 0 Å². The second-order valence-corrected chi connectivity index (χ2v) is 14.3. The molecule has 0 saturated carbocycles. The molecule has 12 rings (SSSR count). The van der Waals surface area contributed by atoms with Gasteiger partial charge in [-0.2, -0.15) is 0 Å².